The number of hydrogen-bond donors (Lipinski definition) is 0. The topological polar surface area (TPSA) is 69.0 Å². The first-order valence-electron chi connectivity index (χ1n) is 9.69. The van der Waals surface area contributed by atoms with Crippen molar-refractivity contribution in [3.63, 3.8) is 0 Å². The summed E-state index contributed by atoms with van der Waals surface area (Å²) in [5.41, 5.74) is 1.18. The lowest BCUT2D eigenvalue weighted by Gasteiger charge is -2.30. The summed E-state index contributed by atoms with van der Waals surface area (Å²) in [6.45, 7) is -3.76. The van der Waals surface area contributed by atoms with E-state index in [1.807, 2.05) is 0 Å². The van der Waals surface area contributed by atoms with E-state index in [0.29, 0.717) is 27.0 Å². The molecule has 0 saturated heterocycles. The minimum Gasteiger partial charge on any atom is -0.464 e. The van der Waals surface area contributed by atoms with E-state index in [1.54, 1.807) is 12.1 Å². The summed E-state index contributed by atoms with van der Waals surface area (Å²) < 4.78 is 79.6. The van der Waals surface area contributed by atoms with Crippen molar-refractivity contribution in [1.29, 1.82) is 0 Å². The van der Waals surface area contributed by atoms with Gasteiger partial charge < -0.3 is 18.8 Å². The molecule has 0 aliphatic carbocycles. The summed E-state index contributed by atoms with van der Waals surface area (Å²) in [6, 6.07) is 7.32. The maximum Gasteiger partial charge on any atom is 0.406 e. The quantitative estimate of drug-likeness (QED) is 0.292. The number of furan rings is 1. The third-order valence-corrected chi connectivity index (χ3v) is 5.04. The Bertz CT molecular complexity index is 1230. The van der Waals surface area contributed by atoms with Crippen molar-refractivity contribution >= 4 is 22.8 Å². The van der Waals surface area contributed by atoms with Crippen LogP contribution in [0.25, 0.3) is 22.1 Å². The van der Waals surface area contributed by atoms with Crippen LogP contribution < -0.4 is 9.47 Å². The number of nitrogens with zero attached hydrogens (tertiary/aromatic N) is 1. The lowest BCUT2D eigenvalue weighted by molar-refractivity contribution is -0.141. The molecule has 0 atom stereocenters. The maximum atomic E-state index is 13.1. The summed E-state index contributed by atoms with van der Waals surface area (Å²) in [6.07, 6.45) is -3.24. The summed E-state index contributed by atoms with van der Waals surface area (Å²) in [7, 11) is 0. The minimum atomic E-state index is -4.63. The van der Waals surface area contributed by atoms with E-state index in [4.69, 9.17) is 9.15 Å². The first-order valence-corrected chi connectivity index (χ1v) is 9.69. The van der Waals surface area contributed by atoms with Gasteiger partial charge in [0, 0.05) is 30.5 Å². The molecular weight excluding hydrogens is 453 g/mol. The molecule has 2 aromatic carbocycles. The molecule has 2 heterocycles. The van der Waals surface area contributed by atoms with Gasteiger partial charge in [-0.25, -0.2) is 0 Å². The molecule has 0 saturated carbocycles. The van der Waals surface area contributed by atoms with Gasteiger partial charge in [-0.05, 0) is 41.8 Å². The summed E-state index contributed by atoms with van der Waals surface area (Å²) in [5.74, 6) is -1.81. The van der Waals surface area contributed by atoms with Crippen molar-refractivity contribution in [2.45, 2.75) is 26.1 Å². The second-order valence-electron chi connectivity index (χ2n) is 7.38. The lowest BCUT2D eigenvalue weighted by Crippen LogP contribution is -2.43. The number of amides is 1. The molecule has 0 N–H and O–H groups in total. The highest BCUT2D eigenvalue weighted by Crippen LogP contribution is 2.39. The van der Waals surface area contributed by atoms with Crippen LogP contribution >= 0.6 is 0 Å². The summed E-state index contributed by atoms with van der Waals surface area (Å²) in [5, 5.41) is 0.565. The Balaban J connectivity index is 1.77. The zero-order valence-corrected chi connectivity index (χ0v) is 17.0. The molecule has 6 nitrogen and oxygen atoms in total. The average Bonchev–Trinajstić information content (AvgIpc) is 3.11. The Labute approximate surface area is 183 Å². The van der Waals surface area contributed by atoms with Gasteiger partial charge in [0.25, 0.3) is 5.91 Å². The van der Waals surface area contributed by atoms with Gasteiger partial charge >= 0.3 is 18.8 Å². The van der Waals surface area contributed by atoms with Crippen LogP contribution in [-0.2, 0) is 11.2 Å². The molecule has 0 bridgehead atoms. The third kappa shape index (κ3) is 4.76. The number of carbonyl (C=O) groups is 2. The molecule has 1 amide bonds. The monoisotopic (exact) mass is 469 g/mol. The first-order chi connectivity index (χ1) is 15.5. The Morgan fingerprint density at radius 1 is 1.21 bits per heavy atom. The Morgan fingerprint density at radius 3 is 2.64 bits per heavy atom. The van der Waals surface area contributed by atoms with Crippen molar-refractivity contribution in [3.8, 4) is 22.6 Å². The molecule has 1 aromatic heterocycles. The molecule has 11 heteroatoms. The van der Waals surface area contributed by atoms with Crippen molar-refractivity contribution in [2.24, 2.45) is 0 Å². The highest BCUT2D eigenvalue weighted by molar-refractivity contribution is 6.02. The molecule has 33 heavy (non-hydrogen) atoms. The highest BCUT2D eigenvalue weighted by atomic mass is 19.4. The van der Waals surface area contributed by atoms with Crippen LogP contribution in [0.1, 0.15) is 22.8 Å². The fraction of sp³-hybridized carbons (Fsp3) is 0.273. The van der Waals surface area contributed by atoms with Crippen LogP contribution in [0.4, 0.5) is 22.0 Å². The highest BCUT2D eigenvalue weighted by Gasteiger charge is 2.37. The molecule has 0 radical (unpaired) electrons. The van der Waals surface area contributed by atoms with Crippen LogP contribution in [0.3, 0.4) is 0 Å². The number of carbonyl (C=O) groups excluding carboxylic acids is 2. The van der Waals surface area contributed by atoms with E-state index in [-0.39, 0.29) is 29.8 Å². The number of ether oxygens (including phenoxy) is 2. The molecule has 0 fully saturated rings. The predicted octanol–water partition coefficient (Wildman–Crippen LogP) is 5.19. The molecule has 0 spiro atoms. The van der Waals surface area contributed by atoms with Gasteiger partial charge in [-0.3, -0.25) is 9.59 Å². The number of benzene rings is 2. The molecule has 4 rings (SSSR count). The molecule has 1 aliphatic heterocycles. The molecule has 3 aromatic rings. The number of rotatable bonds is 5. The van der Waals surface area contributed by atoms with Gasteiger partial charge in [0.05, 0.1) is 11.8 Å². The van der Waals surface area contributed by atoms with E-state index in [2.05, 4.69) is 4.74 Å². The summed E-state index contributed by atoms with van der Waals surface area (Å²) in [4.78, 5) is 24.4. The van der Waals surface area contributed by atoms with E-state index >= 15 is 0 Å². The second-order valence-corrected chi connectivity index (χ2v) is 7.38. The molecular formula is C22H16F5NO5. The zero-order valence-electron chi connectivity index (χ0n) is 17.0. The van der Waals surface area contributed by atoms with Gasteiger partial charge in [-0.2, -0.15) is 22.0 Å². The van der Waals surface area contributed by atoms with Crippen molar-refractivity contribution < 1.29 is 45.4 Å². The summed E-state index contributed by atoms with van der Waals surface area (Å²) >= 11 is 0. The maximum absolute atomic E-state index is 13.1. The fourth-order valence-corrected chi connectivity index (χ4v) is 3.80. The van der Waals surface area contributed by atoms with E-state index in [9.17, 15) is 31.5 Å². The van der Waals surface area contributed by atoms with Gasteiger partial charge in [0.15, 0.2) is 0 Å². The standard InChI is InChI=1S/C22H16F5NO5/c1-11(29)32-14-2-3-15-16(9-31-17(15)8-14)13-6-12-4-5-28(10-22(25,26)27)20(30)19(12)18(7-13)33-21(23)24/h2-3,6-9,21H,4-5,10H2,1H3. The molecule has 1 aliphatic rings. The average molecular weight is 469 g/mol. The largest absolute Gasteiger partial charge is 0.464 e. The zero-order chi connectivity index (χ0) is 23.9. The van der Waals surface area contributed by atoms with Gasteiger partial charge in [0.1, 0.15) is 23.6 Å². The Kier molecular flexibility index (Phi) is 5.73. The number of hydrogen-bond acceptors (Lipinski definition) is 5. The van der Waals surface area contributed by atoms with Crippen molar-refractivity contribution in [3.05, 3.63) is 47.7 Å². The smallest absolute Gasteiger partial charge is 0.406 e. The van der Waals surface area contributed by atoms with Crippen molar-refractivity contribution in [2.75, 3.05) is 13.1 Å². The van der Waals surface area contributed by atoms with Crippen LogP contribution in [0.15, 0.2) is 41.0 Å². The second kappa shape index (κ2) is 8.38. The van der Waals surface area contributed by atoms with E-state index in [1.165, 1.54) is 31.4 Å². The fourth-order valence-electron chi connectivity index (χ4n) is 3.80. The van der Waals surface area contributed by atoms with Crippen molar-refractivity contribution in [1.82, 2.24) is 4.90 Å². The Morgan fingerprint density at radius 2 is 1.97 bits per heavy atom. The molecule has 0 unspecified atom stereocenters. The number of halogens is 5. The number of fused-ring (bicyclic) bond motifs is 2. The number of alkyl halides is 5. The SMILES string of the molecule is CC(=O)Oc1ccc2c(-c3cc4c(c(OC(F)F)c3)C(=O)N(CC(F)(F)F)CC4)coc2c1. The Hall–Kier alpha value is -3.63. The van der Waals surface area contributed by atoms with E-state index in [0.717, 1.165) is 0 Å². The van der Waals surface area contributed by atoms with Crippen LogP contribution in [-0.4, -0.2) is 42.7 Å². The number of esters is 1. The van der Waals surface area contributed by atoms with E-state index < -0.39 is 37.0 Å². The van der Waals surface area contributed by atoms with Gasteiger partial charge in [0.2, 0.25) is 0 Å². The molecule has 174 valence electrons. The first kappa shape index (κ1) is 22.6. The minimum absolute atomic E-state index is 0.0248. The lowest BCUT2D eigenvalue weighted by atomic mass is 9.92. The van der Waals surface area contributed by atoms with Gasteiger partial charge in [-0.15, -0.1) is 0 Å². The van der Waals surface area contributed by atoms with Crippen LogP contribution in [0.2, 0.25) is 0 Å². The van der Waals surface area contributed by atoms with Crippen LogP contribution in [0, 0.1) is 0 Å². The third-order valence-electron chi connectivity index (χ3n) is 5.04. The van der Waals surface area contributed by atoms with Crippen LogP contribution in [0.5, 0.6) is 11.5 Å². The normalized spacial score (nSPS) is 14.0. The van der Waals surface area contributed by atoms with Gasteiger partial charge in [-0.1, -0.05) is 0 Å². The predicted molar refractivity (Wildman–Crippen MR) is 105 cm³/mol.